The zero-order valence-electron chi connectivity index (χ0n) is 12.7. The van der Waals surface area contributed by atoms with Gasteiger partial charge in [-0.15, -0.1) is 12.4 Å². The summed E-state index contributed by atoms with van der Waals surface area (Å²) in [6, 6.07) is 0. The summed E-state index contributed by atoms with van der Waals surface area (Å²) in [7, 11) is 0. The van der Waals surface area contributed by atoms with Crippen LogP contribution in [0.1, 0.15) is 39.0 Å². The first-order chi connectivity index (χ1) is 9.67. The Morgan fingerprint density at radius 2 is 1.90 bits per heavy atom. The second-order valence-corrected chi connectivity index (χ2v) is 5.16. The van der Waals surface area contributed by atoms with Gasteiger partial charge in [-0.25, -0.2) is 0 Å². The molecule has 4 N–H and O–H groups in total. The fourth-order valence-corrected chi connectivity index (χ4v) is 2.67. The summed E-state index contributed by atoms with van der Waals surface area (Å²) in [6.07, 6.45) is 6.09. The highest BCUT2D eigenvalue weighted by atomic mass is 35.5. The molecule has 1 fully saturated rings. The summed E-state index contributed by atoms with van der Waals surface area (Å²) in [4.78, 5) is 22.4. The molecule has 6 nitrogen and oxygen atoms in total. The molecule has 1 saturated carbocycles. The van der Waals surface area contributed by atoms with Crippen molar-refractivity contribution in [2.45, 2.75) is 45.1 Å². The van der Waals surface area contributed by atoms with E-state index in [2.05, 4.69) is 10.6 Å². The number of ether oxygens (including phenoxy) is 1. The van der Waals surface area contributed by atoms with Gasteiger partial charge >= 0.3 is 0 Å². The van der Waals surface area contributed by atoms with E-state index in [9.17, 15) is 9.59 Å². The smallest absolute Gasteiger partial charge is 0.239 e. The molecular formula is C14H28ClN3O3. The Hall–Kier alpha value is -0.850. The summed E-state index contributed by atoms with van der Waals surface area (Å²) in [5.41, 5.74) is 5.14. The van der Waals surface area contributed by atoms with E-state index in [0.29, 0.717) is 19.1 Å². The number of hydrogen-bond donors (Lipinski definition) is 3. The molecule has 0 heterocycles. The van der Waals surface area contributed by atoms with Crippen LogP contribution in [0.3, 0.4) is 0 Å². The van der Waals surface area contributed by atoms with Gasteiger partial charge in [0, 0.05) is 13.2 Å². The Bertz CT molecular complexity index is 310. The quantitative estimate of drug-likeness (QED) is 0.579. The second-order valence-electron chi connectivity index (χ2n) is 5.16. The van der Waals surface area contributed by atoms with Crippen molar-refractivity contribution in [2.75, 3.05) is 26.2 Å². The number of nitrogens with one attached hydrogen (secondary N) is 2. The molecule has 1 unspecified atom stereocenters. The van der Waals surface area contributed by atoms with Gasteiger partial charge in [-0.1, -0.05) is 12.8 Å². The van der Waals surface area contributed by atoms with Gasteiger partial charge < -0.3 is 21.1 Å². The van der Waals surface area contributed by atoms with Crippen molar-refractivity contribution in [2.24, 2.45) is 11.7 Å². The Labute approximate surface area is 133 Å². The number of rotatable bonds is 9. The van der Waals surface area contributed by atoms with Crippen LogP contribution in [0.5, 0.6) is 0 Å². The van der Waals surface area contributed by atoms with Crippen LogP contribution < -0.4 is 16.4 Å². The Morgan fingerprint density at radius 3 is 2.48 bits per heavy atom. The van der Waals surface area contributed by atoms with Crippen LogP contribution in [0.25, 0.3) is 0 Å². The summed E-state index contributed by atoms with van der Waals surface area (Å²) in [6.45, 7) is 3.18. The minimum Gasteiger partial charge on any atom is -0.378 e. The van der Waals surface area contributed by atoms with Crippen LogP contribution in [0.2, 0.25) is 0 Å². The van der Waals surface area contributed by atoms with E-state index < -0.39 is 0 Å². The van der Waals surface area contributed by atoms with Crippen LogP contribution in [-0.4, -0.2) is 44.2 Å². The van der Waals surface area contributed by atoms with Crippen LogP contribution in [-0.2, 0) is 14.3 Å². The van der Waals surface area contributed by atoms with E-state index in [0.717, 1.165) is 6.42 Å². The minimum absolute atomic E-state index is 0. The molecule has 21 heavy (non-hydrogen) atoms. The first-order valence-corrected chi connectivity index (χ1v) is 7.52. The Balaban J connectivity index is 0.00000400. The van der Waals surface area contributed by atoms with Gasteiger partial charge in [0.15, 0.2) is 0 Å². The average molecular weight is 322 g/mol. The third-order valence-electron chi connectivity index (χ3n) is 3.69. The van der Waals surface area contributed by atoms with Crippen molar-refractivity contribution < 1.29 is 14.3 Å². The molecule has 1 aliphatic carbocycles. The van der Waals surface area contributed by atoms with Crippen LogP contribution >= 0.6 is 12.4 Å². The zero-order chi connectivity index (χ0) is 14.8. The molecule has 1 aliphatic rings. The van der Waals surface area contributed by atoms with Crippen molar-refractivity contribution in [1.29, 1.82) is 0 Å². The summed E-state index contributed by atoms with van der Waals surface area (Å²) < 4.78 is 5.79. The van der Waals surface area contributed by atoms with Gasteiger partial charge in [0.1, 0.15) is 0 Å². The van der Waals surface area contributed by atoms with Crippen molar-refractivity contribution in [3.8, 4) is 0 Å². The highest BCUT2D eigenvalue weighted by Crippen LogP contribution is 2.30. The molecule has 0 aliphatic heterocycles. The van der Waals surface area contributed by atoms with Gasteiger partial charge in [-0.2, -0.15) is 0 Å². The third-order valence-corrected chi connectivity index (χ3v) is 3.69. The van der Waals surface area contributed by atoms with Gasteiger partial charge in [0.25, 0.3) is 0 Å². The second kappa shape index (κ2) is 11.8. The number of carbonyl (C=O) groups is 2. The molecule has 1 rings (SSSR count). The third kappa shape index (κ3) is 8.24. The first kappa shape index (κ1) is 20.1. The molecule has 0 aromatic heterocycles. The van der Waals surface area contributed by atoms with Gasteiger partial charge in [-0.3, -0.25) is 9.59 Å². The van der Waals surface area contributed by atoms with Crippen LogP contribution in [0, 0.1) is 5.92 Å². The molecular weight excluding hydrogens is 294 g/mol. The van der Waals surface area contributed by atoms with Crippen molar-refractivity contribution in [3.63, 3.8) is 0 Å². The fraction of sp³-hybridized carbons (Fsp3) is 0.857. The first-order valence-electron chi connectivity index (χ1n) is 7.52. The largest absolute Gasteiger partial charge is 0.378 e. The Kier molecular flexibility index (Phi) is 11.3. The van der Waals surface area contributed by atoms with Gasteiger partial charge in [0.2, 0.25) is 11.8 Å². The Morgan fingerprint density at radius 1 is 1.24 bits per heavy atom. The maximum Gasteiger partial charge on any atom is 0.239 e. The zero-order valence-corrected chi connectivity index (χ0v) is 13.5. The van der Waals surface area contributed by atoms with E-state index >= 15 is 0 Å². The monoisotopic (exact) mass is 321 g/mol. The molecule has 2 amide bonds. The fourth-order valence-electron chi connectivity index (χ4n) is 2.67. The van der Waals surface area contributed by atoms with Gasteiger partial charge in [-0.05, 0) is 32.1 Å². The normalized spacial score (nSPS) is 16.1. The van der Waals surface area contributed by atoms with Crippen LogP contribution in [0.15, 0.2) is 0 Å². The summed E-state index contributed by atoms with van der Waals surface area (Å²) in [5, 5.41) is 5.24. The predicted octanol–water partition coefficient (Wildman–Crippen LogP) is 0.585. The lowest BCUT2D eigenvalue weighted by Gasteiger charge is -2.23. The highest BCUT2D eigenvalue weighted by Gasteiger charge is 2.25. The van der Waals surface area contributed by atoms with E-state index in [4.69, 9.17) is 10.5 Å². The molecule has 0 bridgehead atoms. The number of hydrogen-bond acceptors (Lipinski definition) is 4. The topological polar surface area (TPSA) is 93.5 Å². The molecule has 124 valence electrons. The summed E-state index contributed by atoms with van der Waals surface area (Å²) >= 11 is 0. The SMILES string of the molecule is CCOC(CCNC(=O)CNC(=O)CN)C1CCCC1.Cl. The number of nitrogens with two attached hydrogens (primary N) is 1. The van der Waals surface area contributed by atoms with Crippen molar-refractivity contribution in [3.05, 3.63) is 0 Å². The lowest BCUT2D eigenvalue weighted by Crippen LogP contribution is -2.40. The lowest BCUT2D eigenvalue weighted by atomic mass is 9.98. The van der Waals surface area contributed by atoms with E-state index in [1.54, 1.807) is 0 Å². The van der Waals surface area contributed by atoms with E-state index in [-0.39, 0.29) is 43.4 Å². The highest BCUT2D eigenvalue weighted by molar-refractivity contribution is 5.85. The molecule has 1 atom stereocenters. The maximum absolute atomic E-state index is 11.5. The van der Waals surface area contributed by atoms with E-state index in [1.165, 1.54) is 25.7 Å². The van der Waals surface area contributed by atoms with Crippen molar-refractivity contribution >= 4 is 24.2 Å². The standard InChI is InChI=1S/C14H27N3O3.ClH/c1-2-20-12(11-5-3-4-6-11)7-8-16-14(19)10-17-13(18)9-15;/h11-12H,2-10,15H2,1H3,(H,16,19)(H,17,18);1H. The molecule has 7 heteroatoms. The lowest BCUT2D eigenvalue weighted by molar-refractivity contribution is -0.125. The van der Waals surface area contributed by atoms with Gasteiger partial charge in [0.05, 0.1) is 19.2 Å². The van der Waals surface area contributed by atoms with Crippen molar-refractivity contribution in [1.82, 2.24) is 10.6 Å². The number of amides is 2. The van der Waals surface area contributed by atoms with E-state index in [1.807, 2.05) is 6.92 Å². The maximum atomic E-state index is 11.5. The molecule has 0 aromatic carbocycles. The number of halogens is 1. The average Bonchev–Trinajstić information content (AvgIpc) is 2.97. The molecule has 0 radical (unpaired) electrons. The minimum atomic E-state index is -0.321. The van der Waals surface area contributed by atoms with Crippen LogP contribution in [0.4, 0.5) is 0 Å². The molecule has 0 spiro atoms. The number of carbonyl (C=O) groups excluding carboxylic acids is 2. The molecule has 0 aromatic rings. The summed E-state index contributed by atoms with van der Waals surface area (Å²) in [5.74, 6) is 0.121. The molecule has 0 saturated heterocycles. The predicted molar refractivity (Wildman–Crippen MR) is 84.3 cm³/mol.